The van der Waals surface area contributed by atoms with Crippen molar-refractivity contribution in [1.29, 1.82) is 0 Å². The molecule has 1 fully saturated rings. The third kappa shape index (κ3) is 4.47. The van der Waals surface area contributed by atoms with Crippen molar-refractivity contribution in [3.8, 4) is 0 Å². The molecule has 1 unspecified atom stereocenters. The van der Waals surface area contributed by atoms with Crippen molar-refractivity contribution in [3.05, 3.63) is 29.8 Å². The largest absolute Gasteiger partial charge is 0.372 e. The third-order valence-corrected chi connectivity index (χ3v) is 5.04. The third-order valence-electron chi connectivity index (χ3n) is 5.04. The van der Waals surface area contributed by atoms with E-state index < -0.39 is 0 Å². The highest BCUT2D eigenvalue weighted by molar-refractivity contribution is 5.48. The number of rotatable bonds is 4. The molecule has 0 spiro atoms. The Labute approximate surface area is 130 Å². The minimum Gasteiger partial charge on any atom is -0.372 e. The van der Waals surface area contributed by atoms with Gasteiger partial charge in [0.2, 0.25) is 0 Å². The molecular formula is C19H32N2. The molecule has 118 valence electrons. The highest BCUT2D eigenvalue weighted by Crippen LogP contribution is 2.35. The van der Waals surface area contributed by atoms with Gasteiger partial charge in [0.05, 0.1) is 0 Å². The Morgan fingerprint density at radius 3 is 2.19 bits per heavy atom. The number of hydrogen-bond acceptors (Lipinski definition) is 2. The van der Waals surface area contributed by atoms with Crippen molar-refractivity contribution < 1.29 is 0 Å². The van der Waals surface area contributed by atoms with Crippen LogP contribution in [-0.4, -0.2) is 19.1 Å². The Morgan fingerprint density at radius 1 is 1.14 bits per heavy atom. The highest BCUT2D eigenvalue weighted by Gasteiger charge is 2.28. The Kier molecular flexibility index (Phi) is 5.32. The fraction of sp³-hybridized carbons (Fsp3) is 0.684. The lowest BCUT2D eigenvalue weighted by Crippen LogP contribution is -2.38. The van der Waals surface area contributed by atoms with Crippen molar-refractivity contribution in [3.63, 3.8) is 0 Å². The molecule has 0 radical (unpaired) electrons. The van der Waals surface area contributed by atoms with Gasteiger partial charge in [0.15, 0.2) is 0 Å². The summed E-state index contributed by atoms with van der Waals surface area (Å²) >= 11 is 0. The van der Waals surface area contributed by atoms with E-state index in [1.165, 1.54) is 37.2 Å². The molecule has 0 aliphatic carbocycles. The lowest BCUT2D eigenvalue weighted by molar-refractivity contribution is 0.199. The molecule has 0 amide bonds. The minimum absolute atomic E-state index is 0.290. The van der Waals surface area contributed by atoms with E-state index in [2.05, 4.69) is 56.9 Å². The lowest BCUT2D eigenvalue weighted by atomic mass is 9.75. The van der Waals surface area contributed by atoms with Gasteiger partial charge in [0.1, 0.15) is 0 Å². The number of hydrogen-bond donors (Lipinski definition) is 1. The zero-order valence-electron chi connectivity index (χ0n) is 14.2. The Morgan fingerprint density at radius 2 is 1.71 bits per heavy atom. The van der Waals surface area contributed by atoms with Crippen LogP contribution < -0.4 is 10.6 Å². The van der Waals surface area contributed by atoms with Gasteiger partial charge in [-0.25, -0.2) is 0 Å². The summed E-state index contributed by atoms with van der Waals surface area (Å²) < 4.78 is 0. The molecule has 1 atom stereocenters. The molecule has 21 heavy (non-hydrogen) atoms. The van der Waals surface area contributed by atoms with E-state index in [0.717, 1.165) is 18.8 Å². The number of anilines is 1. The fourth-order valence-electron chi connectivity index (χ4n) is 3.29. The van der Waals surface area contributed by atoms with Crippen molar-refractivity contribution >= 4 is 5.69 Å². The van der Waals surface area contributed by atoms with Crippen LogP contribution in [-0.2, 0) is 6.42 Å². The number of benzene rings is 1. The maximum atomic E-state index is 6.03. The first-order valence-electron chi connectivity index (χ1n) is 8.49. The van der Waals surface area contributed by atoms with Crippen LogP contribution in [0.3, 0.4) is 0 Å². The van der Waals surface area contributed by atoms with Crippen molar-refractivity contribution in [2.45, 2.75) is 59.4 Å². The maximum absolute atomic E-state index is 6.03. The van der Waals surface area contributed by atoms with Crippen LogP contribution in [0.4, 0.5) is 5.69 Å². The first kappa shape index (κ1) is 16.4. The predicted octanol–water partition coefficient (Wildman–Crippen LogP) is 4.23. The van der Waals surface area contributed by atoms with Crippen molar-refractivity contribution in [2.75, 3.05) is 18.0 Å². The van der Waals surface area contributed by atoms with Gasteiger partial charge >= 0.3 is 0 Å². The van der Waals surface area contributed by atoms with Crippen molar-refractivity contribution in [2.24, 2.45) is 17.1 Å². The van der Waals surface area contributed by atoms with Crippen LogP contribution in [0.25, 0.3) is 0 Å². The highest BCUT2D eigenvalue weighted by atomic mass is 15.1. The predicted molar refractivity (Wildman–Crippen MR) is 92.8 cm³/mol. The van der Waals surface area contributed by atoms with Gasteiger partial charge in [0.25, 0.3) is 0 Å². The molecule has 2 rings (SSSR count). The molecule has 0 bridgehead atoms. The van der Waals surface area contributed by atoms with Gasteiger partial charge in [-0.15, -0.1) is 0 Å². The molecule has 2 N–H and O–H groups in total. The fourth-order valence-corrected chi connectivity index (χ4v) is 3.29. The van der Waals surface area contributed by atoms with Gasteiger partial charge in [-0.2, -0.15) is 0 Å². The normalized spacial score (nSPS) is 18.8. The monoisotopic (exact) mass is 288 g/mol. The zero-order valence-corrected chi connectivity index (χ0v) is 14.2. The summed E-state index contributed by atoms with van der Waals surface area (Å²) in [4.78, 5) is 2.53. The first-order valence-corrected chi connectivity index (χ1v) is 8.49. The molecule has 1 saturated heterocycles. The smallest absolute Gasteiger partial charge is 0.0366 e. The molecule has 2 heteroatoms. The average Bonchev–Trinajstić information content (AvgIpc) is 2.47. The van der Waals surface area contributed by atoms with E-state index in [4.69, 9.17) is 5.73 Å². The second-order valence-electron chi connectivity index (χ2n) is 7.67. The SMILES string of the molecule is CCC(N)Cc1ccc(N2CCC(C(C)(C)C)CC2)cc1. The van der Waals surface area contributed by atoms with Crippen LogP contribution in [0.2, 0.25) is 0 Å². The van der Waals surface area contributed by atoms with Gasteiger partial charge in [-0.1, -0.05) is 39.8 Å². The molecular weight excluding hydrogens is 256 g/mol. The van der Waals surface area contributed by atoms with Crippen LogP contribution in [0.5, 0.6) is 0 Å². The molecule has 0 aromatic heterocycles. The van der Waals surface area contributed by atoms with E-state index in [-0.39, 0.29) is 0 Å². The molecule has 0 saturated carbocycles. The summed E-state index contributed by atoms with van der Waals surface area (Å²) in [6.07, 6.45) is 4.66. The summed E-state index contributed by atoms with van der Waals surface area (Å²) in [6.45, 7) is 11.7. The van der Waals surface area contributed by atoms with Gasteiger partial charge < -0.3 is 10.6 Å². The minimum atomic E-state index is 0.290. The molecule has 1 aromatic carbocycles. The van der Waals surface area contributed by atoms with Gasteiger partial charge in [0, 0.05) is 24.8 Å². The average molecular weight is 288 g/mol. The molecule has 2 nitrogen and oxygen atoms in total. The van der Waals surface area contributed by atoms with E-state index in [1.54, 1.807) is 0 Å². The summed E-state index contributed by atoms with van der Waals surface area (Å²) in [6, 6.07) is 9.34. The van der Waals surface area contributed by atoms with Crippen LogP contribution >= 0.6 is 0 Å². The van der Waals surface area contributed by atoms with E-state index in [0.29, 0.717) is 11.5 Å². The number of nitrogens with two attached hydrogens (primary N) is 1. The van der Waals surface area contributed by atoms with E-state index in [9.17, 15) is 0 Å². The Bertz CT molecular complexity index is 422. The molecule has 1 aromatic rings. The topological polar surface area (TPSA) is 29.3 Å². The summed E-state index contributed by atoms with van der Waals surface area (Å²) in [5.41, 5.74) is 9.21. The van der Waals surface area contributed by atoms with Crippen LogP contribution in [0, 0.1) is 11.3 Å². The maximum Gasteiger partial charge on any atom is 0.0366 e. The Balaban J connectivity index is 1.92. The number of piperidine rings is 1. The van der Waals surface area contributed by atoms with Crippen molar-refractivity contribution in [1.82, 2.24) is 0 Å². The lowest BCUT2D eigenvalue weighted by Gasteiger charge is -2.39. The second-order valence-corrected chi connectivity index (χ2v) is 7.67. The quantitative estimate of drug-likeness (QED) is 0.898. The van der Waals surface area contributed by atoms with E-state index in [1.807, 2.05) is 0 Å². The molecule has 1 heterocycles. The first-order chi connectivity index (χ1) is 9.90. The summed E-state index contributed by atoms with van der Waals surface area (Å²) in [5.74, 6) is 0.857. The van der Waals surface area contributed by atoms with Gasteiger partial charge in [-0.3, -0.25) is 0 Å². The number of nitrogens with zero attached hydrogens (tertiary/aromatic N) is 1. The molecule has 1 aliphatic heterocycles. The standard InChI is InChI=1S/C19H32N2/c1-5-17(20)14-15-6-8-18(9-7-15)21-12-10-16(11-13-21)19(2,3)4/h6-9,16-17H,5,10-14,20H2,1-4H3. The Hall–Kier alpha value is -1.02. The second kappa shape index (κ2) is 6.83. The van der Waals surface area contributed by atoms with E-state index >= 15 is 0 Å². The zero-order chi connectivity index (χ0) is 15.5. The van der Waals surface area contributed by atoms with Crippen LogP contribution in [0.1, 0.15) is 52.5 Å². The molecule has 1 aliphatic rings. The van der Waals surface area contributed by atoms with Crippen LogP contribution in [0.15, 0.2) is 24.3 Å². The summed E-state index contributed by atoms with van der Waals surface area (Å²) in [7, 11) is 0. The van der Waals surface area contributed by atoms with Gasteiger partial charge in [-0.05, 0) is 54.7 Å². The summed E-state index contributed by atoms with van der Waals surface area (Å²) in [5, 5.41) is 0.